The Kier molecular flexibility index (Phi) is 11.6. The van der Waals surface area contributed by atoms with E-state index in [1.165, 1.54) is 33.5 Å². The SMILES string of the molecule is COc1ccc(-n2c(NC(=O)c3ccc(Br)o3)c(C#[N+]CCC(C)n3c(NC(=O)c4cc(OC)c(OC)c(OC)c4)c(C#N)c4nc5ccccc5nc43)c3nc4ccccc4nc32)cc1. The molecule has 9 aromatic rings. The Morgan fingerprint density at radius 3 is 1.89 bits per heavy atom. The zero-order valence-corrected chi connectivity index (χ0v) is 37.6. The quantitative estimate of drug-likeness (QED) is 0.118. The predicted octanol–water partition coefficient (Wildman–Crippen LogP) is 9.57. The van der Waals surface area contributed by atoms with Gasteiger partial charge in [0, 0.05) is 23.7 Å². The number of hydrogen-bond donors (Lipinski definition) is 2. The Bertz CT molecular complexity index is 3460. The second-order valence-electron chi connectivity index (χ2n) is 14.8. The summed E-state index contributed by atoms with van der Waals surface area (Å²) < 4.78 is 31.5. The van der Waals surface area contributed by atoms with Gasteiger partial charge in [0.25, 0.3) is 18.4 Å². The van der Waals surface area contributed by atoms with E-state index in [0.717, 1.165) is 0 Å². The average molecular weight is 947 g/mol. The minimum absolute atomic E-state index is 0.0657. The van der Waals surface area contributed by atoms with Crippen LogP contribution in [0.3, 0.4) is 0 Å². The highest BCUT2D eigenvalue weighted by Crippen LogP contribution is 2.40. The average Bonchev–Trinajstić information content (AvgIpc) is 4.00. The zero-order chi connectivity index (χ0) is 46.1. The standard InChI is InChI=1S/C48H37BrN10O7/c1-26(58-43(30(24-50)40-45(58)54-34-12-8-6-10-32(34)52-40)56-47(60)27-22-37(63-3)42(65-5)38(23-27)64-4)20-21-51-25-31-41-46(55-35-13-9-7-11-33(35)53-41)59(28-14-16-29(62-2)17-15-28)44(31)57-48(61)36-18-19-39(49)66-36/h6-19,22-23,26H,20-21H2,1-5H3,(H,52,56,60)/p+1. The number of nitrogens with zero attached hydrogens (tertiary/aromatic N) is 8. The summed E-state index contributed by atoms with van der Waals surface area (Å²) in [7, 11) is 5.97. The van der Waals surface area contributed by atoms with Crippen molar-refractivity contribution in [3.63, 3.8) is 0 Å². The third kappa shape index (κ3) is 7.79. The molecule has 66 heavy (non-hydrogen) atoms. The molecule has 2 N–H and O–H groups in total. The minimum Gasteiger partial charge on any atom is -0.497 e. The number of halogens is 1. The van der Waals surface area contributed by atoms with Crippen LogP contribution in [-0.2, 0) is 0 Å². The van der Waals surface area contributed by atoms with Crippen molar-refractivity contribution in [3.05, 3.63) is 129 Å². The molecule has 0 spiro atoms. The lowest BCUT2D eigenvalue weighted by Gasteiger charge is -2.18. The maximum Gasteiger partial charge on any atom is 0.317 e. The first-order chi connectivity index (χ1) is 32.1. The van der Waals surface area contributed by atoms with Crippen molar-refractivity contribution in [2.24, 2.45) is 0 Å². The number of hydrogen-bond acceptors (Lipinski definition) is 12. The van der Waals surface area contributed by atoms with Gasteiger partial charge in [0.1, 0.15) is 40.1 Å². The van der Waals surface area contributed by atoms with E-state index in [1.54, 1.807) is 40.5 Å². The van der Waals surface area contributed by atoms with E-state index in [2.05, 4.69) is 38.7 Å². The highest BCUT2D eigenvalue weighted by molar-refractivity contribution is 9.10. The molecule has 0 bridgehead atoms. The van der Waals surface area contributed by atoms with Crippen molar-refractivity contribution >= 4 is 83.8 Å². The van der Waals surface area contributed by atoms with E-state index >= 15 is 0 Å². The number of anilines is 2. The first-order valence-corrected chi connectivity index (χ1v) is 21.2. The molecule has 5 heterocycles. The summed E-state index contributed by atoms with van der Waals surface area (Å²) in [5, 5.41) is 16.6. The Labute approximate surface area is 384 Å². The number of furan rings is 1. The van der Waals surface area contributed by atoms with Crippen LogP contribution in [0.25, 0.3) is 54.9 Å². The first-order valence-electron chi connectivity index (χ1n) is 20.4. The molecule has 0 fully saturated rings. The Hall–Kier alpha value is -8.48. The number of ether oxygens (including phenoxy) is 4. The molecular formula is C48H38BrN10O7+. The molecule has 0 saturated carbocycles. The van der Waals surface area contributed by atoms with E-state index in [4.69, 9.17) is 48.1 Å². The third-order valence-electron chi connectivity index (χ3n) is 10.9. The monoisotopic (exact) mass is 945 g/mol. The molecule has 0 saturated heterocycles. The molecule has 0 aliphatic rings. The predicted molar refractivity (Wildman–Crippen MR) is 252 cm³/mol. The number of benzene rings is 4. The van der Waals surface area contributed by atoms with E-state index < -0.39 is 17.9 Å². The number of fused-ring (bicyclic) bond motifs is 4. The van der Waals surface area contributed by atoms with Crippen LogP contribution in [0.1, 0.15) is 51.4 Å². The fourth-order valence-corrected chi connectivity index (χ4v) is 7.99. The van der Waals surface area contributed by atoms with Crippen molar-refractivity contribution in [2.45, 2.75) is 19.4 Å². The van der Waals surface area contributed by atoms with Crippen LogP contribution in [0.5, 0.6) is 23.0 Å². The topological polar surface area (TPSA) is 198 Å². The Morgan fingerprint density at radius 1 is 0.742 bits per heavy atom. The number of carbonyl (C=O) groups is 2. The van der Waals surface area contributed by atoms with Gasteiger partial charge in [-0.05, 0) is 95.7 Å². The molecule has 0 aliphatic heterocycles. The van der Waals surface area contributed by atoms with Crippen molar-refractivity contribution in [2.75, 3.05) is 45.6 Å². The molecular weight excluding hydrogens is 908 g/mol. The van der Waals surface area contributed by atoms with Gasteiger partial charge in [-0.3, -0.25) is 14.2 Å². The summed E-state index contributed by atoms with van der Waals surface area (Å²) in [6.07, 6.45) is 0.372. The number of nitriles is 1. The fourth-order valence-electron chi connectivity index (χ4n) is 7.69. The van der Waals surface area contributed by atoms with Gasteiger partial charge in [0.2, 0.25) is 5.75 Å². The van der Waals surface area contributed by atoms with Gasteiger partial charge in [-0.1, -0.05) is 29.1 Å². The van der Waals surface area contributed by atoms with Crippen molar-refractivity contribution in [3.8, 4) is 40.8 Å². The Morgan fingerprint density at radius 2 is 1.33 bits per heavy atom. The second kappa shape index (κ2) is 17.9. The summed E-state index contributed by atoms with van der Waals surface area (Å²) in [5.41, 5.74) is 5.41. The van der Waals surface area contributed by atoms with Crippen LogP contribution < -0.4 is 29.6 Å². The largest absolute Gasteiger partial charge is 0.497 e. The summed E-state index contributed by atoms with van der Waals surface area (Å²) in [6.45, 7) is 2.13. The van der Waals surface area contributed by atoms with Crippen LogP contribution in [0, 0.1) is 17.4 Å². The van der Waals surface area contributed by atoms with Crippen molar-refractivity contribution in [1.82, 2.24) is 29.1 Å². The summed E-state index contributed by atoms with van der Waals surface area (Å²) in [4.78, 5) is 52.5. The molecule has 1 atom stereocenters. The summed E-state index contributed by atoms with van der Waals surface area (Å²) in [5.74, 6) is 1.01. The van der Waals surface area contributed by atoms with Crippen LogP contribution in [0.4, 0.5) is 11.6 Å². The highest BCUT2D eigenvalue weighted by Gasteiger charge is 2.29. The molecule has 2 amide bonds. The zero-order valence-electron chi connectivity index (χ0n) is 36.0. The van der Waals surface area contributed by atoms with Gasteiger partial charge in [-0.2, -0.15) is 5.26 Å². The maximum absolute atomic E-state index is 14.1. The lowest BCUT2D eigenvalue weighted by Crippen LogP contribution is -2.18. The molecule has 17 nitrogen and oxygen atoms in total. The highest BCUT2D eigenvalue weighted by atomic mass is 79.9. The number of carbonyl (C=O) groups excluding carboxylic acids is 2. The lowest BCUT2D eigenvalue weighted by molar-refractivity contribution is 0.0992. The van der Waals surface area contributed by atoms with Crippen LogP contribution in [-0.4, -0.2) is 75.9 Å². The molecule has 0 radical (unpaired) electrons. The van der Waals surface area contributed by atoms with Crippen LogP contribution in [0.2, 0.25) is 0 Å². The summed E-state index contributed by atoms with van der Waals surface area (Å²) in [6, 6.07) is 33.4. The maximum atomic E-state index is 14.1. The van der Waals surface area contributed by atoms with E-state index in [-0.39, 0.29) is 40.7 Å². The first kappa shape index (κ1) is 42.8. The third-order valence-corrected chi connectivity index (χ3v) is 11.3. The van der Waals surface area contributed by atoms with Gasteiger partial charge in [-0.25, -0.2) is 19.9 Å². The van der Waals surface area contributed by atoms with Gasteiger partial charge in [0.15, 0.2) is 38.8 Å². The second-order valence-corrected chi connectivity index (χ2v) is 15.6. The van der Waals surface area contributed by atoms with E-state index in [9.17, 15) is 14.9 Å². The molecule has 5 aromatic heterocycles. The Balaban J connectivity index is 1.13. The molecule has 0 aliphatic carbocycles. The molecule has 4 aromatic carbocycles. The van der Waals surface area contributed by atoms with Gasteiger partial charge in [0.05, 0.1) is 50.5 Å². The number of nitrogens with one attached hydrogen (secondary N) is 2. The minimum atomic E-state index is -0.545. The van der Waals surface area contributed by atoms with Crippen LogP contribution in [0.15, 0.2) is 106 Å². The van der Waals surface area contributed by atoms with E-state index in [1.807, 2.05) is 67.6 Å². The normalized spacial score (nSPS) is 11.5. The van der Waals surface area contributed by atoms with Crippen LogP contribution >= 0.6 is 15.9 Å². The van der Waals surface area contributed by atoms with Gasteiger partial charge in [-0.15, -0.1) is 0 Å². The molecule has 1 unspecified atom stereocenters. The molecule has 328 valence electrons. The number of amides is 2. The molecule has 18 heteroatoms. The summed E-state index contributed by atoms with van der Waals surface area (Å²) >= 11 is 3.29. The fraction of sp³-hybridized carbons (Fsp3) is 0.167. The van der Waals surface area contributed by atoms with E-state index in [0.29, 0.717) is 84.1 Å². The van der Waals surface area contributed by atoms with Gasteiger partial charge < -0.3 is 38.6 Å². The number of para-hydroxylation sites is 4. The van der Waals surface area contributed by atoms with Crippen molar-refractivity contribution < 1.29 is 33.0 Å². The van der Waals surface area contributed by atoms with Crippen molar-refractivity contribution in [1.29, 1.82) is 5.26 Å². The lowest BCUT2D eigenvalue weighted by atomic mass is 10.1. The number of methoxy groups -OCH3 is 4. The molecule has 9 rings (SSSR count). The smallest absolute Gasteiger partial charge is 0.317 e. The number of aromatic nitrogens is 6. The van der Waals surface area contributed by atoms with Gasteiger partial charge >= 0.3 is 6.07 Å². The number of rotatable bonds is 12.